The van der Waals surface area contributed by atoms with Crippen LogP contribution in [0.1, 0.15) is 42.6 Å². The molecule has 3 rings (SSSR count). The van der Waals surface area contributed by atoms with Gasteiger partial charge in [-0.2, -0.15) is 5.26 Å². The molecular formula is C26H25NO4. The molecule has 0 aliphatic carbocycles. The molecule has 0 spiro atoms. The van der Waals surface area contributed by atoms with Gasteiger partial charge in [0.15, 0.2) is 11.5 Å². The van der Waals surface area contributed by atoms with Crippen molar-refractivity contribution < 1.29 is 19.0 Å². The Hall–Kier alpha value is -3.78. The van der Waals surface area contributed by atoms with Crippen molar-refractivity contribution in [2.24, 2.45) is 0 Å². The first-order valence-electron chi connectivity index (χ1n) is 10.4. The zero-order valence-corrected chi connectivity index (χ0v) is 17.8. The summed E-state index contributed by atoms with van der Waals surface area (Å²) in [4.78, 5) is 12.6. The lowest BCUT2D eigenvalue weighted by atomic mass is 10.0. The van der Waals surface area contributed by atoms with Crippen molar-refractivity contribution in [2.45, 2.75) is 26.7 Å². The number of ether oxygens (including phenoxy) is 3. The van der Waals surface area contributed by atoms with Gasteiger partial charge >= 0.3 is 5.97 Å². The molecular weight excluding hydrogens is 390 g/mol. The first kappa shape index (κ1) is 21.9. The van der Waals surface area contributed by atoms with Gasteiger partial charge in [-0.25, -0.2) is 4.79 Å². The molecule has 0 N–H and O–H groups in total. The SMILES string of the molecule is CCCOc1ccc(C(=O)Oc2ccc(-c3ccc(C#N)cc3)cc2)cc1OCCC. The van der Waals surface area contributed by atoms with Crippen LogP contribution in [0.2, 0.25) is 0 Å². The molecule has 0 aliphatic heterocycles. The van der Waals surface area contributed by atoms with E-state index in [-0.39, 0.29) is 0 Å². The van der Waals surface area contributed by atoms with Gasteiger partial charge in [-0.05, 0) is 66.4 Å². The third kappa shape index (κ3) is 5.86. The van der Waals surface area contributed by atoms with E-state index in [4.69, 9.17) is 19.5 Å². The van der Waals surface area contributed by atoms with Crippen molar-refractivity contribution in [3.8, 4) is 34.4 Å². The Morgan fingerprint density at radius 2 is 1.39 bits per heavy atom. The topological polar surface area (TPSA) is 68.5 Å². The van der Waals surface area contributed by atoms with Crippen LogP contribution in [-0.2, 0) is 0 Å². The highest BCUT2D eigenvalue weighted by Crippen LogP contribution is 2.30. The first-order chi connectivity index (χ1) is 15.1. The van der Waals surface area contributed by atoms with Crippen LogP contribution in [0.25, 0.3) is 11.1 Å². The number of nitriles is 1. The Morgan fingerprint density at radius 1 is 0.806 bits per heavy atom. The van der Waals surface area contributed by atoms with Crippen molar-refractivity contribution in [3.63, 3.8) is 0 Å². The summed E-state index contributed by atoms with van der Waals surface area (Å²) in [6, 6.07) is 21.8. The van der Waals surface area contributed by atoms with Gasteiger partial charge in [0, 0.05) is 0 Å². The predicted octanol–water partition coefficient (Wildman–Crippen LogP) is 6.02. The van der Waals surface area contributed by atoms with E-state index >= 15 is 0 Å². The maximum Gasteiger partial charge on any atom is 0.343 e. The minimum atomic E-state index is -0.463. The zero-order valence-electron chi connectivity index (χ0n) is 17.8. The molecule has 0 unspecified atom stereocenters. The van der Waals surface area contributed by atoms with E-state index in [2.05, 4.69) is 6.07 Å². The van der Waals surface area contributed by atoms with Gasteiger partial charge < -0.3 is 14.2 Å². The smallest absolute Gasteiger partial charge is 0.343 e. The minimum absolute atomic E-state index is 0.395. The van der Waals surface area contributed by atoms with E-state index in [0.29, 0.717) is 41.6 Å². The van der Waals surface area contributed by atoms with Crippen LogP contribution in [0.15, 0.2) is 66.7 Å². The molecule has 31 heavy (non-hydrogen) atoms. The van der Waals surface area contributed by atoms with E-state index in [9.17, 15) is 4.79 Å². The Morgan fingerprint density at radius 3 is 1.97 bits per heavy atom. The van der Waals surface area contributed by atoms with E-state index in [1.807, 2.05) is 38.1 Å². The number of hydrogen-bond donors (Lipinski definition) is 0. The van der Waals surface area contributed by atoms with Gasteiger partial charge in [0.2, 0.25) is 0 Å². The second-order valence-electron chi connectivity index (χ2n) is 6.96. The van der Waals surface area contributed by atoms with Crippen molar-refractivity contribution >= 4 is 5.97 Å². The fraction of sp³-hybridized carbons (Fsp3) is 0.231. The standard InChI is InChI=1S/C26H25NO4/c1-3-15-29-24-14-11-22(17-25(24)30-16-4-2)26(28)31-23-12-9-21(10-13-23)20-7-5-19(18-27)6-8-20/h5-14,17H,3-4,15-16H2,1-2H3. The highest BCUT2D eigenvalue weighted by Gasteiger charge is 2.14. The predicted molar refractivity (Wildman–Crippen MR) is 120 cm³/mol. The molecule has 0 saturated heterocycles. The molecule has 0 fully saturated rings. The van der Waals surface area contributed by atoms with Crippen LogP contribution >= 0.6 is 0 Å². The van der Waals surface area contributed by atoms with E-state index < -0.39 is 5.97 Å². The fourth-order valence-corrected chi connectivity index (χ4v) is 2.91. The molecule has 0 heterocycles. The van der Waals surface area contributed by atoms with Crippen LogP contribution in [0.5, 0.6) is 17.2 Å². The van der Waals surface area contributed by atoms with Crippen molar-refractivity contribution in [1.29, 1.82) is 5.26 Å². The Labute approximate surface area is 182 Å². The molecule has 0 atom stereocenters. The molecule has 5 heteroatoms. The van der Waals surface area contributed by atoms with Gasteiger partial charge in [-0.1, -0.05) is 38.1 Å². The van der Waals surface area contributed by atoms with Gasteiger partial charge in [-0.15, -0.1) is 0 Å². The lowest BCUT2D eigenvalue weighted by Crippen LogP contribution is -2.09. The van der Waals surface area contributed by atoms with E-state index in [0.717, 1.165) is 24.0 Å². The molecule has 0 amide bonds. The number of esters is 1. The quantitative estimate of drug-likeness (QED) is 0.316. The van der Waals surface area contributed by atoms with Crippen LogP contribution in [0.4, 0.5) is 0 Å². The molecule has 0 bridgehead atoms. The summed E-state index contributed by atoms with van der Waals surface area (Å²) in [6.07, 6.45) is 1.74. The Bertz CT molecular complexity index is 1050. The van der Waals surface area contributed by atoms with Gasteiger partial charge in [0.05, 0.1) is 30.4 Å². The molecule has 0 aliphatic rings. The third-order valence-corrected chi connectivity index (χ3v) is 4.51. The van der Waals surface area contributed by atoms with Crippen molar-refractivity contribution in [1.82, 2.24) is 0 Å². The molecule has 0 radical (unpaired) electrons. The number of nitrogens with zero attached hydrogens (tertiary/aromatic N) is 1. The Balaban J connectivity index is 1.72. The summed E-state index contributed by atoms with van der Waals surface area (Å²) in [7, 11) is 0. The van der Waals surface area contributed by atoms with Crippen LogP contribution in [0.3, 0.4) is 0 Å². The maximum atomic E-state index is 12.6. The second kappa shape index (κ2) is 10.8. The summed E-state index contributed by atoms with van der Waals surface area (Å²) >= 11 is 0. The number of carbonyl (C=O) groups excluding carboxylic acids is 1. The van der Waals surface area contributed by atoms with E-state index in [1.54, 1.807) is 42.5 Å². The van der Waals surface area contributed by atoms with Crippen molar-refractivity contribution in [3.05, 3.63) is 77.9 Å². The highest BCUT2D eigenvalue weighted by molar-refractivity contribution is 5.92. The largest absolute Gasteiger partial charge is 0.490 e. The fourth-order valence-electron chi connectivity index (χ4n) is 2.91. The zero-order chi connectivity index (χ0) is 22.1. The van der Waals surface area contributed by atoms with Crippen LogP contribution in [-0.4, -0.2) is 19.2 Å². The number of rotatable bonds is 9. The molecule has 158 valence electrons. The lowest BCUT2D eigenvalue weighted by Gasteiger charge is -2.13. The summed E-state index contributed by atoms with van der Waals surface area (Å²) < 4.78 is 17.0. The summed E-state index contributed by atoms with van der Waals surface area (Å²) in [5.41, 5.74) is 2.96. The maximum absolute atomic E-state index is 12.6. The average Bonchev–Trinajstić information content (AvgIpc) is 2.82. The third-order valence-electron chi connectivity index (χ3n) is 4.51. The van der Waals surface area contributed by atoms with E-state index in [1.165, 1.54) is 0 Å². The van der Waals surface area contributed by atoms with Gasteiger partial charge in [0.25, 0.3) is 0 Å². The normalized spacial score (nSPS) is 10.2. The lowest BCUT2D eigenvalue weighted by molar-refractivity contribution is 0.0734. The summed E-state index contributed by atoms with van der Waals surface area (Å²) in [5.74, 6) is 1.15. The average molecular weight is 415 g/mol. The number of benzene rings is 3. The minimum Gasteiger partial charge on any atom is -0.490 e. The molecule has 3 aromatic rings. The molecule has 0 aromatic heterocycles. The second-order valence-corrected chi connectivity index (χ2v) is 6.96. The van der Waals surface area contributed by atoms with Gasteiger partial charge in [-0.3, -0.25) is 0 Å². The first-order valence-corrected chi connectivity index (χ1v) is 10.4. The highest BCUT2D eigenvalue weighted by atomic mass is 16.5. The molecule has 5 nitrogen and oxygen atoms in total. The number of hydrogen-bond acceptors (Lipinski definition) is 5. The number of carbonyl (C=O) groups is 1. The van der Waals surface area contributed by atoms with Gasteiger partial charge in [0.1, 0.15) is 5.75 Å². The summed E-state index contributed by atoms with van der Waals surface area (Å²) in [5, 5.41) is 8.91. The van der Waals surface area contributed by atoms with Crippen LogP contribution < -0.4 is 14.2 Å². The van der Waals surface area contributed by atoms with Crippen molar-refractivity contribution in [2.75, 3.05) is 13.2 Å². The molecule has 3 aromatic carbocycles. The Kier molecular flexibility index (Phi) is 7.67. The summed E-state index contributed by atoms with van der Waals surface area (Å²) in [6.45, 7) is 5.17. The molecule has 0 saturated carbocycles. The monoisotopic (exact) mass is 415 g/mol. The van der Waals surface area contributed by atoms with Crippen LogP contribution in [0, 0.1) is 11.3 Å².